The summed E-state index contributed by atoms with van der Waals surface area (Å²) < 4.78 is 29.1. The molecule has 1 aromatic heterocycles. The van der Waals surface area contributed by atoms with Crippen LogP contribution in [0.25, 0.3) is 11.0 Å². The van der Waals surface area contributed by atoms with E-state index >= 15 is 0 Å². The normalized spacial score (nSPS) is 15.5. The van der Waals surface area contributed by atoms with Crippen molar-refractivity contribution >= 4 is 16.9 Å². The van der Waals surface area contributed by atoms with Gasteiger partial charge in [-0.15, -0.1) is 0 Å². The van der Waals surface area contributed by atoms with Crippen molar-refractivity contribution in [3.05, 3.63) is 93.3 Å². The highest BCUT2D eigenvalue weighted by molar-refractivity contribution is 5.99. The van der Waals surface area contributed by atoms with Crippen LogP contribution in [0.3, 0.4) is 0 Å². The van der Waals surface area contributed by atoms with Crippen molar-refractivity contribution in [3.8, 4) is 23.0 Å². The smallest absolute Gasteiger partial charge is 0.291 e. The van der Waals surface area contributed by atoms with E-state index in [1.54, 1.807) is 29.2 Å². The third-order valence-electron chi connectivity index (χ3n) is 7.25. The van der Waals surface area contributed by atoms with Gasteiger partial charge in [-0.25, -0.2) is 0 Å². The molecular weight excluding hydrogens is 510 g/mol. The van der Waals surface area contributed by atoms with Crippen LogP contribution in [0.2, 0.25) is 0 Å². The number of fused-ring (bicyclic) bond motifs is 3. The van der Waals surface area contributed by atoms with Crippen LogP contribution in [0.5, 0.6) is 23.0 Å². The maximum atomic E-state index is 13.9. The van der Waals surface area contributed by atoms with Crippen LogP contribution >= 0.6 is 0 Å². The van der Waals surface area contributed by atoms with Gasteiger partial charge in [-0.2, -0.15) is 0 Å². The summed E-state index contributed by atoms with van der Waals surface area (Å²) in [4.78, 5) is 29.4. The van der Waals surface area contributed by atoms with E-state index in [2.05, 4.69) is 6.92 Å². The lowest BCUT2D eigenvalue weighted by Gasteiger charge is -2.26. The quantitative estimate of drug-likeness (QED) is 0.220. The lowest BCUT2D eigenvalue weighted by atomic mass is 9.97. The SMILES string of the molecule is CCCCCOc1ccc([C@@H]2c3c(oc4ccccc4c3=O)C(=O)N2Cc2ccc3c(c2)OCO3)cc1OCC. The number of benzene rings is 3. The number of amides is 1. The summed E-state index contributed by atoms with van der Waals surface area (Å²) in [6.07, 6.45) is 3.14. The van der Waals surface area contributed by atoms with Crippen LogP contribution in [0.4, 0.5) is 0 Å². The Bertz CT molecular complexity index is 1630. The summed E-state index contributed by atoms with van der Waals surface area (Å²) in [7, 11) is 0. The monoisotopic (exact) mass is 541 g/mol. The van der Waals surface area contributed by atoms with E-state index in [4.69, 9.17) is 23.4 Å². The van der Waals surface area contributed by atoms with E-state index in [-0.39, 0.29) is 30.4 Å². The highest BCUT2D eigenvalue weighted by Gasteiger charge is 2.43. The van der Waals surface area contributed by atoms with Crippen molar-refractivity contribution in [1.82, 2.24) is 4.90 Å². The summed E-state index contributed by atoms with van der Waals surface area (Å²) in [6.45, 7) is 5.49. The summed E-state index contributed by atoms with van der Waals surface area (Å²) >= 11 is 0. The van der Waals surface area contributed by atoms with Crippen molar-refractivity contribution < 1.29 is 28.2 Å². The van der Waals surface area contributed by atoms with E-state index in [9.17, 15) is 9.59 Å². The molecule has 0 N–H and O–H groups in total. The fourth-order valence-electron chi connectivity index (χ4n) is 5.33. The number of carbonyl (C=O) groups excluding carboxylic acids is 1. The molecule has 0 unspecified atom stereocenters. The Morgan fingerprint density at radius 1 is 0.900 bits per heavy atom. The first-order valence-electron chi connectivity index (χ1n) is 13.7. The molecule has 8 nitrogen and oxygen atoms in total. The van der Waals surface area contributed by atoms with Crippen molar-refractivity contribution in [2.75, 3.05) is 20.0 Å². The average Bonchev–Trinajstić information content (AvgIpc) is 3.54. The standard InChI is InChI=1S/C32H31NO7/c1-3-5-8-15-37-24-14-12-21(17-27(24)36-4-2)29-28-30(34)22-9-6-7-10-23(22)40-31(28)32(35)33(29)18-20-11-13-25-26(16-20)39-19-38-25/h6-7,9-14,16-17,29H,3-5,8,15,18-19H2,1-2H3/t29-/m1/s1. The Kier molecular flexibility index (Phi) is 7.07. The third-order valence-corrected chi connectivity index (χ3v) is 7.25. The van der Waals surface area contributed by atoms with Crippen LogP contribution in [-0.4, -0.2) is 30.8 Å². The van der Waals surface area contributed by atoms with Gasteiger partial charge in [0.25, 0.3) is 5.91 Å². The van der Waals surface area contributed by atoms with Gasteiger partial charge < -0.3 is 28.3 Å². The van der Waals surface area contributed by atoms with Crippen LogP contribution in [0.1, 0.15) is 66.4 Å². The minimum atomic E-state index is -0.679. The Labute approximate surface area is 232 Å². The zero-order valence-corrected chi connectivity index (χ0v) is 22.6. The van der Waals surface area contributed by atoms with Crippen LogP contribution in [0.15, 0.2) is 69.9 Å². The van der Waals surface area contributed by atoms with E-state index < -0.39 is 6.04 Å². The molecule has 2 aliphatic rings. The number of nitrogens with zero attached hydrogens (tertiary/aromatic N) is 1. The summed E-state index contributed by atoms with van der Waals surface area (Å²) in [6, 6.07) is 17.5. The van der Waals surface area contributed by atoms with Gasteiger partial charge in [-0.3, -0.25) is 9.59 Å². The first-order chi connectivity index (χ1) is 19.6. The minimum absolute atomic E-state index is 0.0623. The van der Waals surface area contributed by atoms with E-state index in [1.807, 2.05) is 43.3 Å². The number of hydrogen-bond acceptors (Lipinski definition) is 7. The molecule has 3 aromatic carbocycles. The van der Waals surface area contributed by atoms with Crippen molar-refractivity contribution in [2.24, 2.45) is 0 Å². The molecule has 3 heterocycles. The zero-order chi connectivity index (χ0) is 27.6. The molecule has 0 saturated carbocycles. The predicted octanol–water partition coefficient (Wildman–Crippen LogP) is 6.23. The van der Waals surface area contributed by atoms with E-state index in [0.717, 1.165) is 30.4 Å². The summed E-state index contributed by atoms with van der Waals surface area (Å²) in [5.74, 6) is 2.21. The second-order valence-electron chi connectivity index (χ2n) is 9.89. The largest absolute Gasteiger partial charge is 0.490 e. The molecule has 0 spiro atoms. The van der Waals surface area contributed by atoms with E-state index in [0.29, 0.717) is 52.7 Å². The second-order valence-corrected chi connectivity index (χ2v) is 9.89. The summed E-state index contributed by atoms with van der Waals surface area (Å²) in [5.41, 5.74) is 2.06. The highest BCUT2D eigenvalue weighted by atomic mass is 16.7. The maximum Gasteiger partial charge on any atom is 0.291 e. The maximum absolute atomic E-state index is 13.9. The molecule has 0 saturated heterocycles. The van der Waals surface area contributed by atoms with Gasteiger partial charge in [-0.1, -0.05) is 44.0 Å². The van der Waals surface area contributed by atoms with E-state index in [1.165, 1.54) is 0 Å². The molecule has 0 bridgehead atoms. The molecule has 2 aliphatic heterocycles. The molecule has 0 radical (unpaired) electrons. The molecule has 1 atom stereocenters. The molecule has 4 aromatic rings. The average molecular weight is 542 g/mol. The van der Waals surface area contributed by atoms with Gasteiger partial charge in [0.15, 0.2) is 28.4 Å². The van der Waals surface area contributed by atoms with Gasteiger partial charge in [-0.05, 0) is 60.9 Å². The van der Waals surface area contributed by atoms with Crippen molar-refractivity contribution in [1.29, 1.82) is 0 Å². The fraction of sp³-hybridized carbons (Fsp3) is 0.312. The molecule has 8 heteroatoms. The van der Waals surface area contributed by atoms with Crippen LogP contribution in [-0.2, 0) is 6.54 Å². The molecule has 206 valence electrons. The number of hydrogen-bond donors (Lipinski definition) is 0. The zero-order valence-electron chi connectivity index (χ0n) is 22.6. The molecule has 40 heavy (non-hydrogen) atoms. The van der Waals surface area contributed by atoms with Crippen LogP contribution < -0.4 is 24.4 Å². The molecule has 6 rings (SSSR count). The molecule has 1 amide bonds. The van der Waals surface area contributed by atoms with Gasteiger partial charge in [0.1, 0.15) is 5.58 Å². The Balaban J connectivity index is 1.44. The topological polar surface area (TPSA) is 87.4 Å². The number of para-hydroxylation sites is 1. The lowest BCUT2D eigenvalue weighted by molar-refractivity contribution is 0.0714. The predicted molar refractivity (Wildman–Crippen MR) is 149 cm³/mol. The lowest BCUT2D eigenvalue weighted by Crippen LogP contribution is -2.29. The number of carbonyl (C=O) groups is 1. The Morgan fingerprint density at radius 3 is 2.60 bits per heavy atom. The van der Waals surface area contributed by atoms with Crippen LogP contribution in [0, 0.1) is 0 Å². The number of rotatable bonds is 10. The number of unbranched alkanes of at least 4 members (excludes halogenated alkanes) is 2. The number of ether oxygens (including phenoxy) is 4. The minimum Gasteiger partial charge on any atom is -0.490 e. The molecular formula is C32H31NO7. The summed E-state index contributed by atoms with van der Waals surface area (Å²) in [5, 5.41) is 0.435. The first kappa shape index (κ1) is 25.8. The Hall–Kier alpha value is -4.46. The molecule has 0 aliphatic carbocycles. The van der Waals surface area contributed by atoms with Gasteiger partial charge in [0.2, 0.25) is 12.6 Å². The van der Waals surface area contributed by atoms with Crippen molar-refractivity contribution in [3.63, 3.8) is 0 Å². The van der Waals surface area contributed by atoms with Gasteiger partial charge in [0, 0.05) is 6.54 Å². The van der Waals surface area contributed by atoms with Gasteiger partial charge in [0.05, 0.1) is 30.2 Å². The highest BCUT2D eigenvalue weighted by Crippen LogP contribution is 2.42. The Morgan fingerprint density at radius 2 is 1.75 bits per heavy atom. The first-order valence-corrected chi connectivity index (χ1v) is 13.7. The fourth-order valence-corrected chi connectivity index (χ4v) is 5.33. The molecule has 0 fully saturated rings. The third kappa shape index (κ3) is 4.63. The van der Waals surface area contributed by atoms with Crippen molar-refractivity contribution in [2.45, 2.75) is 45.7 Å². The second kappa shape index (κ2) is 11.0. The van der Waals surface area contributed by atoms with Gasteiger partial charge >= 0.3 is 0 Å².